The normalized spacial score (nSPS) is 14.2. The Kier molecular flexibility index (Phi) is 6.40. The third-order valence-electron chi connectivity index (χ3n) is 6.02. The Morgan fingerprint density at radius 3 is 2.19 bits per heavy atom. The molecule has 2 heterocycles. The van der Waals surface area contributed by atoms with Crippen molar-refractivity contribution in [3.05, 3.63) is 89.5 Å². The number of aromatic nitrogens is 2. The number of hydrogen-bond acceptors (Lipinski definition) is 8. The van der Waals surface area contributed by atoms with E-state index in [4.69, 9.17) is 4.42 Å². The molecule has 0 aliphatic carbocycles. The molecule has 190 valence electrons. The third kappa shape index (κ3) is 5.17. The molecule has 3 aromatic carbocycles. The summed E-state index contributed by atoms with van der Waals surface area (Å²) in [5.74, 6) is -0.460. The average molecular weight is 539 g/mol. The van der Waals surface area contributed by atoms with Crippen LogP contribution < -0.4 is 5.32 Å². The van der Waals surface area contributed by atoms with Crippen LogP contribution in [0.15, 0.2) is 87.0 Å². The second-order valence-corrected chi connectivity index (χ2v) is 12.5. The van der Waals surface area contributed by atoms with Gasteiger partial charge in [-0.2, -0.15) is 4.31 Å². The number of benzene rings is 3. The van der Waals surface area contributed by atoms with Gasteiger partial charge in [-0.1, -0.05) is 29.4 Å². The van der Waals surface area contributed by atoms with Crippen molar-refractivity contribution < 1.29 is 26.0 Å². The third-order valence-corrected chi connectivity index (χ3v) is 9.01. The number of anilines is 1. The van der Waals surface area contributed by atoms with Crippen LogP contribution in [-0.2, 0) is 32.8 Å². The molecule has 1 amide bonds. The molecule has 0 bridgehead atoms. The van der Waals surface area contributed by atoms with E-state index in [0.717, 1.165) is 17.4 Å². The van der Waals surface area contributed by atoms with Gasteiger partial charge in [0, 0.05) is 30.5 Å². The van der Waals surface area contributed by atoms with Gasteiger partial charge in [0.15, 0.2) is 9.84 Å². The van der Waals surface area contributed by atoms with Crippen molar-refractivity contribution in [2.24, 2.45) is 0 Å². The second-order valence-electron chi connectivity index (χ2n) is 8.54. The van der Waals surface area contributed by atoms with E-state index in [9.17, 15) is 21.6 Å². The fourth-order valence-electron chi connectivity index (χ4n) is 4.01. The molecule has 0 saturated heterocycles. The van der Waals surface area contributed by atoms with E-state index < -0.39 is 25.8 Å². The van der Waals surface area contributed by atoms with Crippen LogP contribution in [0.3, 0.4) is 0 Å². The van der Waals surface area contributed by atoms with Crippen molar-refractivity contribution in [2.45, 2.75) is 22.8 Å². The van der Waals surface area contributed by atoms with Gasteiger partial charge >= 0.3 is 6.01 Å². The van der Waals surface area contributed by atoms with Crippen LogP contribution in [0.2, 0.25) is 0 Å². The van der Waals surface area contributed by atoms with Gasteiger partial charge in [-0.25, -0.2) is 16.8 Å². The highest BCUT2D eigenvalue weighted by atomic mass is 32.2. The standard InChI is InChI=1S/C25H22N4O6S2/c1-36(31,32)21-10-8-19(9-11-21)24-27-28-25(35-24)26-23(30)18-6-12-22(13-7-18)37(33,34)29-15-14-17-4-2-3-5-20(17)16-29/h2-13H,14-16H2,1H3,(H,26,28,30). The number of carbonyl (C=O) groups excluding carboxylic acids is 1. The van der Waals surface area contributed by atoms with Gasteiger partial charge in [-0.3, -0.25) is 10.1 Å². The maximum atomic E-state index is 13.1. The van der Waals surface area contributed by atoms with Crippen LogP contribution in [0, 0.1) is 0 Å². The number of sulfonamides is 1. The predicted molar refractivity (Wildman–Crippen MR) is 135 cm³/mol. The van der Waals surface area contributed by atoms with Crippen molar-refractivity contribution in [3.63, 3.8) is 0 Å². The summed E-state index contributed by atoms with van der Waals surface area (Å²) in [6, 6.07) is 19.1. The van der Waals surface area contributed by atoms with Gasteiger partial charge in [0.05, 0.1) is 9.79 Å². The minimum atomic E-state index is -3.72. The Balaban J connectivity index is 1.26. The number of rotatable bonds is 6. The van der Waals surface area contributed by atoms with E-state index in [-0.39, 0.29) is 27.3 Å². The Hall–Kier alpha value is -3.87. The Labute approximate surface area is 213 Å². The summed E-state index contributed by atoms with van der Waals surface area (Å²) in [5, 5.41) is 10.2. The molecular weight excluding hydrogens is 516 g/mol. The smallest absolute Gasteiger partial charge is 0.322 e. The molecule has 12 heteroatoms. The Bertz CT molecular complexity index is 1680. The molecule has 1 aliphatic heterocycles. The van der Waals surface area contributed by atoms with E-state index in [1.807, 2.05) is 24.3 Å². The van der Waals surface area contributed by atoms with Gasteiger partial charge in [0.2, 0.25) is 15.9 Å². The summed E-state index contributed by atoms with van der Waals surface area (Å²) in [7, 11) is -7.06. The lowest BCUT2D eigenvalue weighted by molar-refractivity contribution is 0.102. The van der Waals surface area contributed by atoms with Gasteiger partial charge in [0.1, 0.15) is 0 Å². The van der Waals surface area contributed by atoms with E-state index in [1.54, 1.807) is 0 Å². The molecule has 5 rings (SSSR count). The number of amides is 1. The summed E-state index contributed by atoms with van der Waals surface area (Å²) in [5.41, 5.74) is 2.82. The van der Waals surface area contributed by atoms with Crippen molar-refractivity contribution in [1.29, 1.82) is 0 Å². The number of nitrogens with one attached hydrogen (secondary N) is 1. The van der Waals surface area contributed by atoms with Crippen LogP contribution in [-0.4, -0.2) is 50.0 Å². The van der Waals surface area contributed by atoms with Gasteiger partial charge in [-0.15, -0.1) is 5.10 Å². The molecule has 0 fully saturated rings. The van der Waals surface area contributed by atoms with E-state index in [1.165, 1.54) is 52.8 Å². The minimum absolute atomic E-state index is 0.0971. The molecule has 0 saturated carbocycles. The topological polar surface area (TPSA) is 140 Å². The fraction of sp³-hybridized carbons (Fsp3) is 0.160. The maximum absolute atomic E-state index is 13.1. The van der Waals surface area contributed by atoms with Gasteiger partial charge < -0.3 is 4.42 Å². The van der Waals surface area contributed by atoms with Crippen LogP contribution in [0.4, 0.5) is 6.01 Å². The minimum Gasteiger partial charge on any atom is -0.403 e. The summed E-state index contributed by atoms with van der Waals surface area (Å²) in [4.78, 5) is 12.9. The molecule has 0 unspecified atom stereocenters. The fourth-order valence-corrected chi connectivity index (χ4v) is 6.06. The van der Waals surface area contributed by atoms with Crippen LogP contribution in [0.5, 0.6) is 0 Å². The molecule has 0 radical (unpaired) electrons. The van der Waals surface area contributed by atoms with E-state index >= 15 is 0 Å². The molecule has 10 nitrogen and oxygen atoms in total. The summed E-state index contributed by atoms with van der Waals surface area (Å²) < 4.78 is 56.4. The molecule has 1 aromatic heterocycles. The first kappa shape index (κ1) is 24.8. The molecule has 1 N–H and O–H groups in total. The van der Waals surface area contributed by atoms with Gasteiger partial charge in [0.25, 0.3) is 5.91 Å². The van der Waals surface area contributed by atoms with Crippen molar-refractivity contribution >= 4 is 31.8 Å². The van der Waals surface area contributed by atoms with Crippen molar-refractivity contribution in [1.82, 2.24) is 14.5 Å². The lowest BCUT2D eigenvalue weighted by atomic mass is 10.0. The highest BCUT2D eigenvalue weighted by Gasteiger charge is 2.28. The number of nitrogens with zero attached hydrogens (tertiary/aromatic N) is 3. The average Bonchev–Trinajstić information content (AvgIpc) is 3.36. The Morgan fingerprint density at radius 2 is 1.51 bits per heavy atom. The van der Waals surface area contributed by atoms with Crippen LogP contribution >= 0.6 is 0 Å². The molecule has 0 spiro atoms. The first-order valence-corrected chi connectivity index (χ1v) is 14.6. The summed E-state index contributed by atoms with van der Waals surface area (Å²) >= 11 is 0. The lowest BCUT2D eigenvalue weighted by Crippen LogP contribution is -2.35. The summed E-state index contributed by atoms with van der Waals surface area (Å²) in [6.07, 6.45) is 1.75. The molecule has 1 aliphatic rings. The molecule has 0 atom stereocenters. The first-order chi connectivity index (χ1) is 17.6. The lowest BCUT2D eigenvalue weighted by Gasteiger charge is -2.28. The monoisotopic (exact) mass is 538 g/mol. The zero-order valence-corrected chi connectivity index (χ0v) is 21.3. The van der Waals surface area contributed by atoms with Crippen molar-refractivity contribution in [2.75, 3.05) is 18.1 Å². The highest BCUT2D eigenvalue weighted by molar-refractivity contribution is 7.90. The maximum Gasteiger partial charge on any atom is 0.322 e. The van der Waals surface area contributed by atoms with Crippen molar-refractivity contribution in [3.8, 4) is 11.5 Å². The van der Waals surface area contributed by atoms with Crippen LogP contribution in [0.25, 0.3) is 11.5 Å². The largest absolute Gasteiger partial charge is 0.403 e. The van der Waals surface area contributed by atoms with E-state index in [2.05, 4.69) is 15.5 Å². The van der Waals surface area contributed by atoms with Gasteiger partial charge in [-0.05, 0) is 66.1 Å². The zero-order valence-electron chi connectivity index (χ0n) is 19.7. The number of hydrogen-bond donors (Lipinski definition) is 1. The second kappa shape index (κ2) is 9.54. The quantitative estimate of drug-likeness (QED) is 0.395. The van der Waals surface area contributed by atoms with Crippen LogP contribution in [0.1, 0.15) is 21.5 Å². The predicted octanol–water partition coefficient (Wildman–Crippen LogP) is 3.14. The molecular formula is C25H22N4O6S2. The number of carbonyl (C=O) groups is 1. The SMILES string of the molecule is CS(=O)(=O)c1ccc(-c2nnc(NC(=O)c3ccc(S(=O)(=O)N4CCc5ccccc5C4)cc3)o2)cc1. The van der Waals surface area contributed by atoms with E-state index in [0.29, 0.717) is 25.1 Å². The zero-order chi connectivity index (χ0) is 26.2. The number of fused-ring (bicyclic) bond motifs is 1. The number of sulfone groups is 1. The highest BCUT2D eigenvalue weighted by Crippen LogP contribution is 2.26. The Morgan fingerprint density at radius 1 is 0.865 bits per heavy atom. The molecule has 37 heavy (non-hydrogen) atoms. The molecule has 4 aromatic rings. The first-order valence-electron chi connectivity index (χ1n) is 11.2. The summed E-state index contributed by atoms with van der Waals surface area (Å²) in [6.45, 7) is 0.690.